The van der Waals surface area contributed by atoms with Crippen molar-refractivity contribution in [2.24, 2.45) is 0 Å². The minimum atomic E-state index is -1.14. The number of unbranched alkanes of at least 4 members (excludes halogenated alkanes) is 8. The van der Waals surface area contributed by atoms with E-state index in [-0.39, 0.29) is 19.2 Å². The Labute approximate surface area is 145 Å². The molecule has 1 aliphatic heterocycles. The summed E-state index contributed by atoms with van der Waals surface area (Å²) in [6.07, 6.45) is 6.84. The molecule has 24 heavy (non-hydrogen) atoms. The Morgan fingerprint density at radius 3 is 2.21 bits per heavy atom. The molecule has 0 aromatic rings. The molecule has 0 amide bonds. The van der Waals surface area contributed by atoms with Gasteiger partial charge < -0.3 is 24.8 Å². The molecule has 6 nitrogen and oxygen atoms in total. The van der Waals surface area contributed by atoms with Gasteiger partial charge in [-0.25, -0.2) is 0 Å². The van der Waals surface area contributed by atoms with Crippen LogP contribution >= 0.6 is 0 Å². The lowest BCUT2D eigenvalue weighted by Gasteiger charge is -2.20. The van der Waals surface area contributed by atoms with Crippen LogP contribution in [0.3, 0.4) is 0 Å². The van der Waals surface area contributed by atoms with E-state index < -0.39 is 24.4 Å². The number of hydrogen-bond acceptors (Lipinski definition) is 6. The highest BCUT2D eigenvalue weighted by Crippen LogP contribution is 2.18. The molecule has 0 bridgehead atoms. The van der Waals surface area contributed by atoms with Gasteiger partial charge in [-0.05, 0) is 6.42 Å². The van der Waals surface area contributed by atoms with E-state index in [2.05, 4.69) is 6.92 Å². The van der Waals surface area contributed by atoms with E-state index in [1.165, 1.54) is 38.5 Å². The Balaban J connectivity index is 1.96. The molecule has 1 heterocycles. The van der Waals surface area contributed by atoms with E-state index in [0.29, 0.717) is 6.42 Å². The van der Waals surface area contributed by atoms with Crippen molar-refractivity contribution in [3.8, 4) is 0 Å². The van der Waals surface area contributed by atoms with Crippen LogP contribution in [0.5, 0.6) is 0 Å². The van der Waals surface area contributed by atoms with E-state index in [0.717, 1.165) is 19.3 Å². The molecule has 4 atom stereocenters. The van der Waals surface area contributed by atoms with Gasteiger partial charge in [0.15, 0.2) is 0 Å². The summed E-state index contributed by atoms with van der Waals surface area (Å²) in [6.45, 7) is 1.98. The van der Waals surface area contributed by atoms with Gasteiger partial charge in [0.25, 0.3) is 0 Å². The van der Waals surface area contributed by atoms with Crippen molar-refractivity contribution in [2.45, 2.75) is 95.5 Å². The van der Waals surface area contributed by atoms with E-state index in [9.17, 15) is 20.1 Å². The first-order valence-corrected chi connectivity index (χ1v) is 9.37. The zero-order valence-corrected chi connectivity index (χ0v) is 14.9. The predicted molar refractivity (Wildman–Crippen MR) is 90.6 cm³/mol. The predicted octanol–water partition coefficient (Wildman–Crippen LogP) is 1.93. The normalized spacial score (nSPS) is 24.9. The lowest BCUT2D eigenvalue weighted by molar-refractivity contribution is -0.151. The van der Waals surface area contributed by atoms with Crippen LogP contribution in [0.4, 0.5) is 0 Å². The molecule has 6 heteroatoms. The van der Waals surface area contributed by atoms with Gasteiger partial charge in [-0.1, -0.05) is 58.3 Å². The molecule has 1 fully saturated rings. The van der Waals surface area contributed by atoms with Crippen LogP contribution in [-0.4, -0.2) is 58.9 Å². The second-order valence-electron chi connectivity index (χ2n) is 6.68. The number of aliphatic hydroxyl groups is 3. The SMILES string of the molecule is CCCCCCCCCCCC(=O)OC[C@H](O)[C@@H]1OC[C@H](O)[C@@H]1O. The summed E-state index contributed by atoms with van der Waals surface area (Å²) in [5, 5.41) is 28.8. The van der Waals surface area contributed by atoms with Crippen LogP contribution < -0.4 is 0 Å². The molecular weight excluding hydrogens is 312 g/mol. The maximum absolute atomic E-state index is 11.6. The minimum Gasteiger partial charge on any atom is -0.463 e. The number of rotatable bonds is 13. The number of carbonyl (C=O) groups excluding carboxylic acids is 1. The van der Waals surface area contributed by atoms with Crippen LogP contribution in [0.2, 0.25) is 0 Å². The smallest absolute Gasteiger partial charge is 0.305 e. The molecule has 0 unspecified atom stereocenters. The summed E-state index contributed by atoms with van der Waals surface area (Å²) in [6, 6.07) is 0. The number of esters is 1. The van der Waals surface area contributed by atoms with Crippen LogP contribution in [0.1, 0.15) is 71.1 Å². The minimum absolute atomic E-state index is 0.0186. The lowest BCUT2D eigenvalue weighted by Crippen LogP contribution is -2.41. The Hall–Kier alpha value is -0.690. The molecule has 142 valence electrons. The third-order valence-corrected chi connectivity index (χ3v) is 4.47. The first kappa shape index (κ1) is 21.4. The summed E-state index contributed by atoms with van der Waals surface area (Å²) in [7, 11) is 0. The highest BCUT2D eigenvalue weighted by molar-refractivity contribution is 5.69. The second-order valence-corrected chi connectivity index (χ2v) is 6.68. The van der Waals surface area contributed by atoms with Crippen molar-refractivity contribution in [3.05, 3.63) is 0 Å². The highest BCUT2D eigenvalue weighted by Gasteiger charge is 2.39. The Morgan fingerprint density at radius 2 is 1.67 bits per heavy atom. The summed E-state index contributed by atoms with van der Waals surface area (Å²) in [5.74, 6) is -0.343. The van der Waals surface area contributed by atoms with Crippen LogP contribution in [0, 0.1) is 0 Å². The average Bonchev–Trinajstić information content (AvgIpc) is 2.90. The summed E-state index contributed by atoms with van der Waals surface area (Å²) >= 11 is 0. The van der Waals surface area contributed by atoms with Crippen molar-refractivity contribution in [3.63, 3.8) is 0 Å². The fraction of sp³-hybridized carbons (Fsp3) is 0.944. The van der Waals surface area contributed by atoms with E-state index in [1.807, 2.05) is 0 Å². The largest absolute Gasteiger partial charge is 0.463 e. The first-order chi connectivity index (χ1) is 11.6. The van der Waals surface area contributed by atoms with Gasteiger partial charge >= 0.3 is 5.97 Å². The van der Waals surface area contributed by atoms with Gasteiger partial charge in [0.2, 0.25) is 0 Å². The molecule has 1 rings (SSSR count). The lowest BCUT2D eigenvalue weighted by atomic mass is 10.1. The maximum Gasteiger partial charge on any atom is 0.305 e. The Morgan fingerprint density at radius 1 is 1.08 bits per heavy atom. The number of hydrogen-bond donors (Lipinski definition) is 3. The monoisotopic (exact) mass is 346 g/mol. The quantitative estimate of drug-likeness (QED) is 0.348. The Bertz CT molecular complexity index is 335. The third kappa shape index (κ3) is 8.42. The van der Waals surface area contributed by atoms with Gasteiger partial charge in [-0.3, -0.25) is 4.79 Å². The molecule has 0 spiro atoms. The van der Waals surface area contributed by atoms with Gasteiger partial charge in [-0.15, -0.1) is 0 Å². The third-order valence-electron chi connectivity index (χ3n) is 4.47. The molecule has 0 saturated carbocycles. The van der Waals surface area contributed by atoms with Crippen LogP contribution in [0.15, 0.2) is 0 Å². The summed E-state index contributed by atoms with van der Waals surface area (Å²) < 4.78 is 10.1. The average molecular weight is 346 g/mol. The van der Waals surface area contributed by atoms with Crippen LogP contribution in [0.25, 0.3) is 0 Å². The van der Waals surface area contributed by atoms with Crippen molar-refractivity contribution in [1.29, 1.82) is 0 Å². The standard InChI is InChI=1S/C18H34O6/c1-2-3-4-5-6-7-8-9-10-11-16(21)23-13-15(20)18-17(22)14(19)12-24-18/h14-15,17-20,22H,2-13H2,1H3/t14-,15-,17-,18-/m0/s1. The van der Waals surface area contributed by atoms with Crippen molar-refractivity contribution < 1.29 is 29.6 Å². The molecule has 1 saturated heterocycles. The van der Waals surface area contributed by atoms with Gasteiger partial charge in [0, 0.05) is 6.42 Å². The summed E-state index contributed by atoms with van der Waals surface area (Å²) in [5.41, 5.74) is 0. The summed E-state index contributed by atoms with van der Waals surface area (Å²) in [4.78, 5) is 11.6. The number of ether oxygens (including phenoxy) is 2. The molecule has 0 radical (unpaired) electrons. The molecule has 1 aliphatic rings. The van der Waals surface area contributed by atoms with Crippen molar-refractivity contribution >= 4 is 5.97 Å². The second kappa shape index (κ2) is 12.6. The zero-order chi connectivity index (χ0) is 17.8. The van der Waals surface area contributed by atoms with Gasteiger partial charge in [-0.2, -0.15) is 0 Å². The van der Waals surface area contributed by atoms with Crippen LogP contribution in [-0.2, 0) is 14.3 Å². The highest BCUT2D eigenvalue weighted by atomic mass is 16.6. The van der Waals surface area contributed by atoms with Crippen molar-refractivity contribution in [1.82, 2.24) is 0 Å². The van der Waals surface area contributed by atoms with E-state index in [1.54, 1.807) is 0 Å². The van der Waals surface area contributed by atoms with Crippen molar-refractivity contribution in [2.75, 3.05) is 13.2 Å². The number of carbonyl (C=O) groups is 1. The number of aliphatic hydroxyl groups excluding tert-OH is 3. The molecule has 0 aromatic carbocycles. The molecule has 0 aliphatic carbocycles. The first-order valence-electron chi connectivity index (χ1n) is 9.37. The molecular formula is C18H34O6. The Kier molecular flexibility index (Phi) is 11.2. The van der Waals surface area contributed by atoms with E-state index in [4.69, 9.17) is 9.47 Å². The zero-order valence-electron chi connectivity index (χ0n) is 14.9. The van der Waals surface area contributed by atoms with Gasteiger partial charge in [0.1, 0.15) is 31.0 Å². The molecule has 0 aromatic heterocycles. The fourth-order valence-electron chi connectivity index (χ4n) is 2.89. The maximum atomic E-state index is 11.6. The fourth-order valence-corrected chi connectivity index (χ4v) is 2.89. The van der Waals surface area contributed by atoms with E-state index >= 15 is 0 Å². The molecule has 3 N–H and O–H groups in total. The topological polar surface area (TPSA) is 96.2 Å². The van der Waals surface area contributed by atoms with Gasteiger partial charge in [0.05, 0.1) is 6.61 Å².